The van der Waals surface area contributed by atoms with Gasteiger partial charge in [0, 0.05) is 0 Å². The van der Waals surface area contributed by atoms with Gasteiger partial charge >= 0.3 is 0 Å². The van der Waals surface area contributed by atoms with E-state index in [9.17, 15) is 0 Å². The average Bonchev–Trinajstić information content (AvgIpc) is 2.48. The summed E-state index contributed by atoms with van der Waals surface area (Å²) >= 11 is 6.65. The highest BCUT2D eigenvalue weighted by molar-refractivity contribution is 6.21. The first-order valence-electron chi connectivity index (χ1n) is 6.92. The van der Waals surface area contributed by atoms with Crippen molar-refractivity contribution in [3.8, 4) is 0 Å². The average molecular weight is 281 g/mol. The first kappa shape index (κ1) is 13.2. The standard InChI is InChI=1S/C19H17Cl/c1-14-7-2-4-11-17(14)19(20)13-16-10-6-9-15-8-3-5-12-18(15)16/h2-12,19H,13H2,1H3. The first-order chi connectivity index (χ1) is 9.75. The van der Waals surface area contributed by atoms with E-state index < -0.39 is 0 Å². The summed E-state index contributed by atoms with van der Waals surface area (Å²) in [7, 11) is 0. The van der Waals surface area contributed by atoms with Crippen molar-refractivity contribution in [2.75, 3.05) is 0 Å². The van der Waals surface area contributed by atoms with Crippen molar-refractivity contribution in [1.82, 2.24) is 0 Å². The summed E-state index contributed by atoms with van der Waals surface area (Å²) in [6, 6.07) is 23.3. The maximum Gasteiger partial charge on any atom is 0.0628 e. The molecule has 0 saturated heterocycles. The van der Waals surface area contributed by atoms with Gasteiger partial charge in [-0.25, -0.2) is 0 Å². The van der Waals surface area contributed by atoms with Gasteiger partial charge in [0.2, 0.25) is 0 Å². The Kier molecular flexibility index (Phi) is 3.75. The van der Waals surface area contributed by atoms with Gasteiger partial charge < -0.3 is 0 Å². The maximum atomic E-state index is 6.65. The topological polar surface area (TPSA) is 0 Å². The van der Waals surface area contributed by atoms with Gasteiger partial charge in [-0.15, -0.1) is 11.6 Å². The highest BCUT2D eigenvalue weighted by Gasteiger charge is 2.12. The Morgan fingerprint density at radius 3 is 2.40 bits per heavy atom. The van der Waals surface area contributed by atoms with Crippen molar-refractivity contribution in [1.29, 1.82) is 0 Å². The Morgan fingerprint density at radius 2 is 1.55 bits per heavy atom. The first-order valence-corrected chi connectivity index (χ1v) is 7.35. The fraction of sp³-hybridized carbons (Fsp3) is 0.158. The zero-order valence-corrected chi connectivity index (χ0v) is 12.3. The molecule has 0 saturated carbocycles. The number of benzene rings is 3. The van der Waals surface area contributed by atoms with Gasteiger partial charge in [-0.1, -0.05) is 66.7 Å². The SMILES string of the molecule is Cc1ccccc1C(Cl)Cc1cccc2ccccc12. The minimum atomic E-state index is 0.0157. The fourth-order valence-electron chi connectivity index (χ4n) is 2.71. The Labute approximate surface area is 125 Å². The van der Waals surface area contributed by atoms with E-state index in [0.29, 0.717) is 0 Å². The van der Waals surface area contributed by atoms with Gasteiger partial charge in [0.05, 0.1) is 5.38 Å². The van der Waals surface area contributed by atoms with Crippen molar-refractivity contribution in [3.63, 3.8) is 0 Å². The van der Waals surface area contributed by atoms with E-state index >= 15 is 0 Å². The van der Waals surface area contributed by atoms with Crippen LogP contribution in [0.5, 0.6) is 0 Å². The molecule has 1 heteroatoms. The summed E-state index contributed by atoms with van der Waals surface area (Å²) in [6.45, 7) is 2.12. The van der Waals surface area contributed by atoms with Gasteiger partial charge in [-0.2, -0.15) is 0 Å². The van der Waals surface area contributed by atoms with E-state index in [1.54, 1.807) is 0 Å². The molecule has 100 valence electrons. The van der Waals surface area contributed by atoms with Crippen LogP contribution < -0.4 is 0 Å². The van der Waals surface area contributed by atoms with Crippen LogP contribution in [0.1, 0.15) is 22.1 Å². The Morgan fingerprint density at radius 1 is 0.850 bits per heavy atom. The van der Waals surface area contributed by atoms with Crippen LogP contribution in [0, 0.1) is 6.92 Å². The molecule has 0 fully saturated rings. The van der Waals surface area contributed by atoms with Crippen LogP contribution in [0.4, 0.5) is 0 Å². The second-order valence-electron chi connectivity index (χ2n) is 5.17. The lowest BCUT2D eigenvalue weighted by atomic mass is 9.96. The fourth-order valence-corrected chi connectivity index (χ4v) is 3.12. The number of hydrogen-bond acceptors (Lipinski definition) is 0. The lowest BCUT2D eigenvalue weighted by molar-refractivity contribution is 0.917. The molecule has 1 unspecified atom stereocenters. The molecule has 3 aromatic carbocycles. The van der Waals surface area contributed by atoms with Gasteiger partial charge in [0.25, 0.3) is 0 Å². The van der Waals surface area contributed by atoms with Crippen LogP contribution >= 0.6 is 11.6 Å². The molecule has 0 heterocycles. The van der Waals surface area contributed by atoms with Crippen LogP contribution in [0.3, 0.4) is 0 Å². The molecule has 0 aliphatic heterocycles. The Bertz CT molecular complexity index is 725. The van der Waals surface area contributed by atoms with Crippen LogP contribution in [-0.4, -0.2) is 0 Å². The van der Waals surface area contributed by atoms with Crippen LogP contribution in [0.25, 0.3) is 10.8 Å². The van der Waals surface area contributed by atoms with Crippen LogP contribution in [0.2, 0.25) is 0 Å². The minimum absolute atomic E-state index is 0.0157. The van der Waals surface area contributed by atoms with E-state index in [-0.39, 0.29) is 5.38 Å². The molecule has 0 aliphatic carbocycles. The number of fused-ring (bicyclic) bond motifs is 1. The van der Waals surface area contributed by atoms with E-state index in [4.69, 9.17) is 11.6 Å². The van der Waals surface area contributed by atoms with Crippen molar-refractivity contribution < 1.29 is 0 Å². The minimum Gasteiger partial charge on any atom is -0.117 e. The summed E-state index contributed by atoms with van der Waals surface area (Å²) in [5.74, 6) is 0. The zero-order valence-electron chi connectivity index (χ0n) is 11.5. The molecule has 0 N–H and O–H groups in total. The maximum absolute atomic E-state index is 6.65. The normalized spacial score (nSPS) is 12.5. The third kappa shape index (κ3) is 2.57. The second kappa shape index (κ2) is 5.68. The highest BCUT2D eigenvalue weighted by Crippen LogP contribution is 2.30. The predicted molar refractivity (Wildman–Crippen MR) is 87.4 cm³/mol. The molecule has 20 heavy (non-hydrogen) atoms. The molecule has 3 aromatic rings. The smallest absolute Gasteiger partial charge is 0.0628 e. The summed E-state index contributed by atoms with van der Waals surface area (Å²) in [5, 5.41) is 2.59. The summed E-state index contributed by atoms with van der Waals surface area (Å²) in [5.41, 5.74) is 3.79. The van der Waals surface area contributed by atoms with Gasteiger partial charge in [-0.05, 0) is 40.8 Å². The summed E-state index contributed by atoms with van der Waals surface area (Å²) in [6.07, 6.45) is 0.855. The zero-order chi connectivity index (χ0) is 13.9. The summed E-state index contributed by atoms with van der Waals surface area (Å²) in [4.78, 5) is 0. The molecular formula is C19H17Cl. The van der Waals surface area contributed by atoms with Gasteiger partial charge in [0.15, 0.2) is 0 Å². The Balaban J connectivity index is 1.96. The van der Waals surface area contributed by atoms with Gasteiger partial charge in [0.1, 0.15) is 0 Å². The lowest BCUT2D eigenvalue weighted by Gasteiger charge is -2.14. The van der Waals surface area contributed by atoms with Gasteiger partial charge in [-0.3, -0.25) is 0 Å². The molecule has 0 aromatic heterocycles. The summed E-state index contributed by atoms with van der Waals surface area (Å²) < 4.78 is 0. The molecule has 3 rings (SSSR count). The molecular weight excluding hydrogens is 264 g/mol. The molecule has 0 nitrogen and oxygen atoms in total. The van der Waals surface area contributed by atoms with E-state index in [0.717, 1.165) is 6.42 Å². The second-order valence-corrected chi connectivity index (χ2v) is 5.69. The van der Waals surface area contributed by atoms with E-state index in [2.05, 4.69) is 73.7 Å². The quantitative estimate of drug-likeness (QED) is 0.542. The number of aryl methyl sites for hydroxylation is 1. The molecule has 0 aliphatic rings. The van der Waals surface area contributed by atoms with Crippen molar-refractivity contribution in [2.24, 2.45) is 0 Å². The Hall–Kier alpha value is -1.79. The van der Waals surface area contributed by atoms with Crippen LogP contribution in [-0.2, 0) is 6.42 Å². The van der Waals surface area contributed by atoms with Crippen molar-refractivity contribution >= 4 is 22.4 Å². The van der Waals surface area contributed by atoms with Crippen LogP contribution in [0.15, 0.2) is 66.7 Å². The predicted octanol–water partition coefficient (Wildman–Crippen LogP) is 5.67. The third-order valence-corrected chi connectivity index (χ3v) is 4.19. The number of rotatable bonds is 3. The van der Waals surface area contributed by atoms with Crippen molar-refractivity contribution in [2.45, 2.75) is 18.7 Å². The number of alkyl halides is 1. The van der Waals surface area contributed by atoms with Crippen molar-refractivity contribution in [3.05, 3.63) is 83.4 Å². The molecule has 0 bridgehead atoms. The monoisotopic (exact) mass is 280 g/mol. The largest absolute Gasteiger partial charge is 0.117 e. The number of hydrogen-bond donors (Lipinski definition) is 0. The molecule has 0 radical (unpaired) electrons. The molecule has 0 amide bonds. The third-order valence-electron chi connectivity index (χ3n) is 3.80. The van der Waals surface area contributed by atoms with E-state index in [1.807, 2.05) is 0 Å². The molecule has 0 spiro atoms. The lowest BCUT2D eigenvalue weighted by Crippen LogP contribution is -1.99. The van der Waals surface area contributed by atoms with E-state index in [1.165, 1.54) is 27.5 Å². The highest BCUT2D eigenvalue weighted by atomic mass is 35.5. The molecule has 1 atom stereocenters. The number of halogens is 1.